The molecule has 0 aliphatic rings. The fraction of sp³-hybridized carbons (Fsp3) is 0.357. The Bertz CT molecular complexity index is 467. The van der Waals surface area contributed by atoms with Crippen LogP contribution in [0.2, 0.25) is 0 Å². The van der Waals surface area contributed by atoms with Crippen molar-refractivity contribution < 1.29 is 4.79 Å². The van der Waals surface area contributed by atoms with Crippen LogP contribution >= 0.6 is 0 Å². The molecule has 3 heteroatoms. The number of aryl methyl sites for hydroxylation is 1. The molecular formula is C14H18N2O. The van der Waals surface area contributed by atoms with Crippen LogP contribution in [0.3, 0.4) is 0 Å². The molecule has 1 rings (SSSR count). The van der Waals surface area contributed by atoms with Crippen molar-refractivity contribution in [2.45, 2.75) is 20.8 Å². The first-order chi connectivity index (χ1) is 8.04. The fourth-order valence-electron chi connectivity index (χ4n) is 1.31. The minimum absolute atomic E-state index is 0.0221. The van der Waals surface area contributed by atoms with Crippen LogP contribution in [0.15, 0.2) is 18.2 Å². The Labute approximate surface area is 102 Å². The number of hydrogen-bond donors (Lipinski definition) is 2. The molecule has 1 aromatic carbocycles. The topological polar surface area (TPSA) is 55.1 Å². The van der Waals surface area contributed by atoms with Gasteiger partial charge in [0.05, 0.1) is 6.54 Å². The first-order valence-electron chi connectivity index (χ1n) is 5.65. The zero-order chi connectivity index (χ0) is 12.8. The van der Waals surface area contributed by atoms with E-state index in [1.807, 2.05) is 39.0 Å². The molecule has 90 valence electrons. The summed E-state index contributed by atoms with van der Waals surface area (Å²) in [6.07, 6.45) is 0. The predicted molar refractivity (Wildman–Crippen MR) is 70.6 cm³/mol. The van der Waals surface area contributed by atoms with Crippen LogP contribution < -0.4 is 11.1 Å². The Morgan fingerprint density at radius 1 is 1.47 bits per heavy atom. The van der Waals surface area contributed by atoms with Crippen LogP contribution in [0, 0.1) is 24.7 Å². The molecule has 1 amide bonds. The summed E-state index contributed by atoms with van der Waals surface area (Å²) in [5.41, 5.74) is 8.06. The molecule has 0 radical (unpaired) electrons. The first-order valence-corrected chi connectivity index (χ1v) is 5.65. The van der Waals surface area contributed by atoms with Gasteiger partial charge in [0, 0.05) is 17.2 Å². The van der Waals surface area contributed by atoms with Gasteiger partial charge in [0.25, 0.3) is 0 Å². The van der Waals surface area contributed by atoms with Crippen LogP contribution in [0.5, 0.6) is 0 Å². The fourth-order valence-corrected chi connectivity index (χ4v) is 1.31. The lowest BCUT2D eigenvalue weighted by molar-refractivity contribution is -0.118. The largest absolute Gasteiger partial charge is 0.326 e. The molecule has 0 saturated carbocycles. The molecule has 3 N–H and O–H groups in total. The number of benzene rings is 1. The average Bonchev–Trinajstić information content (AvgIpc) is 2.29. The van der Waals surface area contributed by atoms with Gasteiger partial charge in [-0.1, -0.05) is 25.7 Å². The molecule has 17 heavy (non-hydrogen) atoms. The van der Waals surface area contributed by atoms with Crippen LogP contribution in [0.1, 0.15) is 25.0 Å². The predicted octanol–water partition coefficient (Wildman–Crippen LogP) is 1.90. The number of carbonyl (C=O) groups is 1. The Balaban J connectivity index is 2.87. The summed E-state index contributed by atoms with van der Waals surface area (Å²) in [6.45, 7) is 6.03. The molecule has 0 saturated heterocycles. The average molecular weight is 230 g/mol. The molecule has 1 aromatic rings. The normalized spacial score (nSPS) is 9.71. The van der Waals surface area contributed by atoms with Gasteiger partial charge in [0.2, 0.25) is 5.91 Å². The second-order valence-corrected chi connectivity index (χ2v) is 4.18. The van der Waals surface area contributed by atoms with Gasteiger partial charge in [-0.15, -0.1) is 0 Å². The van der Waals surface area contributed by atoms with Crippen molar-refractivity contribution in [3.63, 3.8) is 0 Å². The first kappa shape index (κ1) is 13.3. The summed E-state index contributed by atoms with van der Waals surface area (Å²) in [5, 5.41) is 2.88. The third kappa shape index (κ3) is 3.93. The summed E-state index contributed by atoms with van der Waals surface area (Å²) in [6, 6.07) is 5.69. The van der Waals surface area contributed by atoms with E-state index in [9.17, 15) is 4.79 Å². The third-order valence-electron chi connectivity index (χ3n) is 2.34. The minimum Gasteiger partial charge on any atom is -0.326 e. The molecule has 3 nitrogen and oxygen atoms in total. The highest BCUT2D eigenvalue weighted by molar-refractivity contribution is 5.92. The van der Waals surface area contributed by atoms with E-state index in [-0.39, 0.29) is 11.8 Å². The van der Waals surface area contributed by atoms with Gasteiger partial charge >= 0.3 is 0 Å². The van der Waals surface area contributed by atoms with E-state index in [2.05, 4.69) is 17.2 Å². The van der Waals surface area contributed by atoms with E-state index >= 15 is 0 Å². The van der Waals surface area contributed by atoms with E-state index in [0.29, 0.717) is 6.54 Å². The number of carbonyl (C=O) groups excluding carboxylic acids is 1. The van der Waals surface area contributed by atoms with Crippen LogP contribution in [-0.4, -0.2) is 12.5 Å². The smallest absolute Gasteiger partial charge is 0.226 e. The standard InChI is InChI=1S/C14H18N2O/c1-10(2)14(17)16-13-7-6-12(5-4-8-15)9-11(13)3/h6-7,9-10H,8,15H2,1-3H3,(H,16,17). The maximum absolute atomic E-state index is 11.6. The summed E-state index contributed by atoms with van der Waals surface area (Å²) < 4.78 is 0. The summed E-state index contributed by atoms with van der Waals surface area (Å²) in [7, 11) is 0. The number of amides is 1. The highest BCUT2D eigenvalue weighted by Gasteiger charge is 2.08. The van der Waals surface area contributed by atoms with Crippen molar-refractivity contribution in [3.8, 4) is 11.8 Å². The van der Waals surface area contributed by atoms with Crippen molar-refractivity contribution in [2.75, 3.05) is 11.9 Å². The van der Waals surface area contributed by atoms with E-state index in [0.717, 1.165) is 16.8 Å². The maximum atomic E-state index is 11.6. The molecule has 0 unspecified atom stereocenters. The van der Waals surface area contributed by atoms with Gasteiger partial charge < -0.3 is 11.1 Å². The van der Waals surface area contributed by atoms with E-state index in [1.165, 1.54) is 0 Å². The Hall–Kier alpha value is -1.79. The highest BCUT2D eigenvalue weighted by atomic mass is 16.1. The van der Waals surface area contributed by atoms with Crippen molar-refractivity contribution in [1.29, 1.82) is 0 Å². The zero-order valence-corrected chi connectivity index (χ0v) is 10.5. The number of nitrogens with two attached hydrogens (primary N) is 1. The number of anilines is 1. The van der Waals surface area contributed by atoms with E-state index < -0.39 is 0 Å². The monoisotopic (exact) mass is 230 g/mol. The molecule has 0 aliphatic carbocycles. The van der Waals surface area contributed by atoms with Crippen molar-refractivity contribution >= 4 is 11.6 Å². The molecule has 0 spiro atoms. The second-order valence-electron chi connectivity index (χ2n) is 4.18. The van der Waals surface area contributed by atoms with Gasteiger partial charge in [0.1, 0.15) is 0 Å². The van der Waals surface area contributed by atoms with Crippen molar-refractivity contribution in [2.24, 2.45) is 11.7 Å². The van der Waals surface area contributed by atoms with Gasteiger partial charge in [-0.2, -0.15) is 0 Å². The molecule has 0 heterocycles. The summed E-state index contributed by atoms with van der Waals surface area (Å²) in [5.74, 6) is 5.76. The number of hydrogen-bond acceptors (Lipinski definition) is 2. The SMILES string of the molecule is Cc1cc(C#CCN)ccc1NC(=O)C(C)C. The van der Waals surface area contributed by atoms with Gasteiger partial charge in [-0.05, 0) is 30.7 Å². The second kappa shape index (κ2) is 6.07. The summed E-state index contributed by atoms with van der Waals surface area (Å²) >= 11 is 0. The Morgan fingerprint density at radius 3 is 2.71 bits per heavy atom. The van der Waals surface area contributed by atoms with Crippen LogP contribution in [-0.2, 0) is 4.79 Å². The lowest BCUT2D eigenvalue weighted by Gasteiger charge is -2.10. The Morgan fingerprint density at radius 2 is 2.18 bits per heavy atom. The van der Waals surface area contributed by atoms with Crippen molar-refractivity contribution in [3.05, 3.63) is 29.3 Å². The maximum Gasteiger partial charge on any atom is 0.226 e. The number of nitrogens with one attached hydrogen (secondary N) is 1. The minimum atomic E-state index is -0.0221. The van der Waals surface area contributed by atoms with Crippen LogP contribution in [0.4, 0.5) is 5.69 Å². The zero-order valence-electron chi connectivity index (χ0n) is 10.5. The third-order valence-corrected chi connectivity index (χ3v) is 2.34. The summed E-state index contributed by atoms with van der Waals surface area (Å²) in [4.78, 5) is 11.6. The Kier molecular flexibility index (Phi) is 4.74. The molecule has 0 atom stereocenters. The lowest BCUT2D eigenvalue weighted by Crippen LogP contribution is -2.18. The van der Waals surface area contributed by atoms with Gasteiger partial charge in [-0.3, -0.25) is 4.79 Å². The molecule has 0 aromatic heterocycles. The van der Waals surface area contributed by atoms with Crippen molar-refractivity contribution in [1.82, 2.24) is 0 Å². The highest BCUT2D eigenvalue weighted by Crippen LogP contribution is 2.16. The molecule has 0 fully saturated rings. The molecule has 0 aliphatic heterocycles. The van der Waals surface area contributed by atoms with E-state index in [4.69, 9.17) is 5.73 Å². The van der Waals surface area contributed by atoms with Gasteiger partial charge in [-0.25, -0.2) is 0 Å². The quantitative estimate of drug-likeness (QED) is 0.762. The van der Waals surface area contributed by atoms with Gasteiger partial charge in [0.15, 0.2) is 0 Å². The molecular weight excluding hydrogens is 212 g/mol. The molecule has 0 bridgehead atoms. The number of rotatable bonds is 2. The lowest BCUT2D eigenvalue weighted by atomic mass is 10.1. The van der Waals surface area contributed by atoms with Crippen LogP contribution in [0.25, 0.3) is 0 Å². The van der Waals surface area contributed by atoms with E-state index in [1.54, 1.807) is 0 Å².